The number of hydrogen-bond donors (Lipinski definition) is 4. The molecule has 1 atom stereocenters. The van der Waals surface area contributed by atoms with Crippen LogP contribution in [0.25, 0.3) is 0 Å². The number of imide groups is 1. The van der Waals surface area contributed by atoms with Crippen LogP contribution in [0.3, 0.4) is 0 Å². The van der Waals surface area contributed by atoms with Gasteiger partial charge in [-0.15, -0.1) is 0 Å². The SMILES string of the molecule is CCC(CC)(NC(C)C(=O)NC(=O)NC)C(=O)O. The smallest absolute Gasteiger partial charge is 0.323 e. The second kappa shape index (κ2) is 6.95. The van der Waals surface area contributed by atoms with Gasteiger partial charge in [0, 0.05) is 7.05 Å². The molecule has 7 nitrogen and oxygen atoms in total. The van der Waals surface area contributed by atoms with Crippen LogP contribution < -0.4 is 16.0 Å². The molecule has 0 bridgehead atoms. The minimum Gasteiger partial charge on any atom is -0.480 e. The van der Waals surface area contributed by atoms with E-state index in [-0.39, 0.29) is 0 Å². The van der Waals surface area contributed by atoms with Gasteiger partial charge in [0.25, 0.3) is 0 Å². The van der Waals surface area contributed by atoms with Gasteiger partial charge in [-0.25, -0.2) is 4.79 Å². The first-order valence-corrected chi connectivity index (χ1v) is 5.86. The number of carbonyl (C=O) groups is 3. The average Bonchev–Trinajstić information content (AvgIpc) is 2.34. The second-order valence-corrected chi connectivity index (χ2v) is 4.03. The van der Waals surface area contributed by atoms with Crippen LogP contribution in [0.4, 0.5) is 4.79 Å². The van der Waals surface area contributed by atoms with Gasteiger partial charge in [-0.2, -0.15) is 0 Å². The number of nitrogens with one attached hydrogen (secondary N) is 3. The van der Waals surface area contributed by atoms with Gasteiger partial charge in [-0.1, -0.05) is 13.8 Å². The van der Waals surface area contributed by atoms with Gasteiger partial charge in [-0.3, -0.25) is 20.2 Å². The predicted molar refractivity (Wildman–Crippen MR) is 66.1 cm³/mol. The first-order valence-electron chi connectivity index (χ1n) is 5.86. The van der Waals surface area contributed by atoms with Crippen molar-refractivity contribution in [1.82, 2.24) is 16.0 Å². The van der Waals surface area contributed by atoms with E-state index >= 15 is 0 Å². The molecule has 18 heavy (non-hydrogen) atoms. The number of carboxylic acid groups (broad SMARTS) is 1. The van der Waals surface area contributed by atoms with Crippen LogP contribution in [-0.4, -0.2) is 41.6 Å². The van der Waals surface area contributed by atoms with Crippen molar-refractivity contribution in [1.29, 1.82) is 0 Å². The number of carboxylic acids is 1. The standard InChI is InChI=1S/C11H21N3O4/c1-5-11(6-2,9(16)17)14-7(3)8(15)13-10(18)12-4/h7,14H,5-6H2,1-4H3,(H,16,17)(H2,12,13,15,18). The third-order valence-corrected chi connectivity index (χ3v) is 2.97. The van der Waals surface area contributed by atoms with E-state index in [9.17, 15) is 19.5 Å². The highest BCUT2D eigenvalue weighted by molar-refractivity contribution is 5.97. The van der Waals surface area contributed by atoms with Gasteiger partial charge >= 0.3 is 12.0 Å². The van der Waals surface area contributed by atoms with Crippen molar-refractivity contribution in [3.63, 3.8) is 0 Å². The fourth-order valence-corrected chi connectivity index (χ4v) is 1.58. The highest BCUT2D eigenvalue weighted by atomic mass is 16.4. The summed E-state index contributed by atoms with van der Waals surface area (Å²) < 4.78 is 0. The molecule has 0 saturated heterocycles. The van der Waals surface area contributed by atoms with E-state index in [1.165, 1.54) is 14.0 Å². The van der Waals surface area contributed by atoms with Crippen LogP contribution in [0.15, 0.2) is 0 Å². The Bertz CT molecular complexity index is 326. The molecule has 0 aliphatic carbocycles. The fourth-order valence-electron chi connectivity index (χ4n) is 1.58. The Morgan fingerprint density at radius 2 is 1.72 bits per heavy atom. The number of carbonyl (C=O) groups excluding carboxylic acids is 2. The molecule has 0 aromatic heterocycles. The van der Waals surface area contributed by atoms with Crippen molar-refractivity contribution in [3.05, 3.63) is 0 Å². The molecule has 0 aromatic rings. The summed E-state index contributed by atoms with van der Waals surface area (Å²) in [5, 5.41) is 16.3. The van der Waals surface area contributed by atoms with Crippen molar-refractivity contribution in [3.8, 4) is 0 Å². The van der Waals surface area contributed by atoms with E-state index in [0.717, 1.165) is 0 Å². The number of urea groups is 1. The molecule has 0 heterocycles. The summed E-state index contributed by atoms with van der Waals surface area (Å²) in [7, 11) is 1.39. The first-order chi connectivity index (χ1) is 8.32. The first kappa shape index (κ1) is 16.4. The number of amides is 3. The summed E-state index contributed by atoms with van der Waals surface area (Å²) >= 11 is 0. The second-order valence-electron chi connectivity index (χ2n) is 4.03. The molecule has 0 aromatic carbocycles. The summed E-state index contributed by atoms with van der Waals surface area (Å²) in [5.41, 5.74) is -1.15. The Kier molecular flexibility index (Phi) is 6.32. The molecule has 3 amide bonds. The fraction of sp³-hybridized carbons (Fsp3) is 0.727. The maximum atomic E-state index is 11.6. The molecule has 7 heteroatoms. The lowest BCUT2D eigenvalue weighted by Crippen LogP contribution is -2.59. The van der Waals surface area contributed by atoms with Gasteiger partial charge < -0.3 is 10.4 Å². The molecule has 4 N–H and O–H groups in total. The van der Waals surface area contributed by atoms with Gasteiger partial charge in [0.2, 0.25) is 5.91 Å². The molecule has 0 radical (unpaired) electrons. The topological polar surface area (TPSA) is 108 Å². The highest BCUT2D eigenvalue weighted by Gasteiger charge is 2.37. The summed E-state index contributed by atoms with van der Waals surface area (Å²) in [6.45, 7) is 4.98. The van der Waals surface area contributed by atoms with E-state index in [2.05, 4.69) is 16.0 Å². The maximum Gasteiger partial charge on any atom is 0.323 e. The summed E-state index contributed by atoms with van der Waals surface area (Å²) in [6.07, 6.45) is 0.687. The quantitative estimate of drug-likeness (QED) is 0.539. The molecule has 104 valence electrons. The van der Waals surface area contributed by atoms with Crippen molar-refractivity contribution in [2.45, 2.75) is 45.2 Å². The van der Waals surface area contributed by atoms with Crippen LogP contribution in [0.1, 0.15) is 33.6 Å². The molecule has 0 rings (SSSR count). The van der Waals surface area contributed by atoms with Crippen LogP contribution in [0.5, 0.6) is 0 Å². The third-order valence-electron chi connectivity index (χ3n) is 2.97. The van der Waals surface area contributed by atoms with E-state index < -0.39 is 29.5 Å². The van der Waals surface area contributed by atoms with Crippen LogP contribution >= 0.6 is 0 Å². The van der Waals surface area contributed by atoms with Crippen molar-refractivity contribution >= 4 is 17.9 Å². The Labute approximate surface area is 106 Å². The zero-order valence-corrected chi connectivity index (χ0v) is 11.2. The normalized spacial score (nSPS) is 12.7. The predicted octanol–water partition coefficient (Wildman–Crippen LogP) is 0.0635. The minimum atomic E-state index is -1.15. The molecule has 0 aliphatic heterocycles. The zero-order valence-electron chi connectivity index (χ0n) is 11.2. The van der Waals surface area contributed by atoms with Crippen LogP contribution in [0, 0.1) is 0 Å². The minimum absolute atomic E-state index is 0.344. The van der Waals surface area contributed by atoms with E-state index in [4.69, 9.17) is 0 Å². The van der Waals surface area contributed by atoms with Crippen molar-refractivity contribution in [2.75, 3.05) is 7.05 Å². The summed E-state index contributed by atoms with van der Waals surface area (Å²) in [4.78, 5) is 33.8. The molecule has 0 aliphatic rings. The van der Waals surface area contributed by atoms with E-state index in [1.54, 1.807) is 13.8 Å². The Morgan fingerprint density at radius 1 is 1.22 bits per heavy atom. The lowest BCUT2D eigenvalue weighted by molar-refractivity contribution is -0.146. The highest BCUT2D eigenvalue weighted by Crippen LogP contribution is 2.16. The lowest BCUT2D eigenvalue weighted by Gasteiger charge is -2.31. The Hall–Kier alpha value is -1.63. The molecule has 1 unspecified atom stereocenters. The maximum absolute atomic E-state index is 11.6. The lowest BCUT2D eigenvalue weighted by atomic mass is 9.92. The third kappa shape index (κ3) is 3.99. The number of rotatable bonds is 6. The van der Waals surface area contributed by atoms with Gasteiger partial charge in [0.15, 0.2) is 0 Å². The summed E-state index contributed by atoms with van der Waals surface area (Å²) in [5.74, 6) is -1.58. The number of aliphatic carboxylic acids is 1. The molecule has 0 fully saturated rings. The van der Waals surface area contributed by atoms with Gasteiger partial charge in [-0.05, 0) is 19.8 Å². The average molecular weight is 259 g/mol. The van der Waals surface area contributed by atoms with Crippen molar-refractivity contribution < 1.29 is 19.5 Å². The van der Waals surface area contributed by atoms with Gasteiger partial charge in [0.1, 0.15) is 5.54 Å². The summed E-state index contributed by atoms with van der Waals surface area (Å²) in [6, 6.07) is -1.40. The molecular weight excluding hydrogens is 238 g/mol. The van der Waals surface area contributed by atoms with E-state index in [1.807, 2.05) is 0 Å². The Balaban J connectivity index is 4.70. The van der Waals surface area contributed by atoms with Gasteiger partial charge in [0.05, 0.1) is 6.04 Å². The molecular formula is C11H21N3O4. The molecule has 0 spiro atoms. The van der Waals surface area contributed by atoms with E-state index in [0.29, 0.717) is 12.8 Å². The van der Waals surface area contributed by atoms with Crippen LogP contribution in [0.2, 0.25) is 0 Å². The number of hydrogen-bond acceptors (Lipinski definition) is 4. The zero-order chi connectivity index (χ0) is 14.3. The van der Waals surface area contributed by atoms with Crippen LogP contribution in [-0.2, 0) is 9.59 Å². The Morgan fingerprint density at radius 3 is 2.06 bits per heavy atom. The molecule has 0 saturated carbocycles. The van der Waals surface area contributed by atoms with Crippen molar-refractivity contribution in [2.24, 2.45) is 0 Å². The monoisotopic (exact) mass is 259 g/mol. The largest absolute Gasteiger partial charge is 0.480 e.